The van der Waals surface area contributed by atoms with Gasteiger partial charge in [0.05, 0.1) is 0 Å². The Hall–Kier alpha value is -7.23. The third kappa shape index (κ3) is 5.38. The van der Waals surface area contributed by atoms with Gasteiger partial charge in [0.15, 0.2) is 5.58 Å². The van der Waals surface area contributed by atoms with Crippen molar-refractivity contribution < 1.29 is 4.42 Å². The number of fused-ring (bicyclic) bond motifs is 8. The van der Waals surface area contributed by atoms with Gasteiger partial charge in [0.25, 0.3) is 0 Å². The van der Waals surface area contributed by atoms with Crippen LogP contribution in [0.5, 0.6) is 0 Å². The highest BCUT2D eigenvalue weighted by Gasteiger charge is 2.35. The molecule has 270 valence electrons. The molecule has 0 saturated heterocycles. The van der Waals surface area contributed by atoms with Crippen LogP contribution in [0.2, 0.25) is 0 Å². The van der Waals surface area contributed by atoms with Crippen molar-refractivity contribution >= 4 is 49.7 Å². The molecular formula is C54H38N2O. The average molecular weight is 731 g/mol. The topological polar surface area (TPSA) is 29.3 Å². The quantitative estimate of drug-likeness (QED) is 0.160. The number of aromatic nitrogens is 1. The molecule has 10 aromatic rings. The summed E-state index contributed by atoms with van der Waals surface area (Å²) in [5.74, 6) is 0.627. The van der Waals surface area contributed by atoms with Gasteiger partial charge in [-0.2, -0.15) is 0 Å². The average Bonchev–Trinajstić information content (AvgIpc) is 3.81. The molecule has 1 heterocycles. The van der Waals surface area contributed by atoms with Crippen LogP contribution in [0.15, 0.2) is 199 Å². The maximum Gasteiger partial charge on any atom is 0.227 e. The van der Waals surface area contributed by atoms with Crippen LogP contribution in [0.25, 0.3) is 77.5 Å². The number of hydrogen-bond acceptors (Lipinski definition) is 3. The van der Waals surface area contributed by atoms with Crippen LogP contribution in [0.4, 0.5) is 17.1 Å². The Bertz CT molecular complexity index is 3160. The van der Waals surface area contributed by atoms with Crippen molar-refractivity contribution in [2.24, 2.45) is 0 Å². The van der Waals surface area contributed by atoms with E-state index in [1.807, 2.05) is 30.3 Å². The smallest absolute Gasteiger partial charge is 0.227 e. The Balaban J connectivity index is 1.14. The lowest BCUT2D eigenvalue weighted by atomic mass is 9.82. The Labute approximate surface area is 332 Å². The summed E-state index contributed by atoms with van der Waals surface area (Å²) in [6.07, 6.45) is 0. The van der Waals surface area contributed by atoms with Gasteiger partial charge in [-0.05, 0) is 115 Å². The van der Waals surface area contributed by atoms with Crippen LogP contribution < -0.4 is 4.90 Å². The van der Waals surface area contributed by atoms with Gasteiger partial charge in [-0.1, -0.05) is 153 Å². The van der Waals surface area contributed by atoms with Crippen molar-refractivity contribution in [2.45, 2.75) is 19.3 Å². The second-order valence-electron chi connectivity index (χ2n) is 15.6. The maximum absolute atomic E-state index is 6.64. The standard InChI is InChI=1S/C54H38N2O/c1-54(2)48-23-12-11-22-45(48)47-34-42(29-30-49(47)54)56(40-19-13-18-39(32-40)44-21-10-9-20-43(44)35-14-5-3-6-15-35)41-28-26-36-24-25-37-27-31-50-52(51(37)46(36)33-41)57-53(55-50)38-16-7-4-8-17-38/h3-34H,1-2H3. The highest BCUT2D eigenvalue weighted by molar-refractivity contribution is 6.18. The normalized spacial score (nSPS) is 12.9. The molecule has 3 heteroatoms. The zero-order chi connectivity index (χ0) is 38.1. The first-order chi connectivity index (χ1) is 28.0. The number of rotatable bonds is 6. The summed E-state index contributed by atoms with van der Waals surface area (Å²) in [5, 5.41) is 4.45. The molecule has 1 aliphatic carbocycles. The second-order valence-corrected chi connectivity index (χ2v) is 15.6. The van der Waals surface area contributed by atoms with E-state index in [2.05, 4.69) is 183 Å². The van der Waals surface area contributed by atoms with Crippen molar-refractivity contribution in [3.8, 4) is 44.8 Å². The molecule has 1 aromatic heterocycles. The van der Waals surface area contributed by atoms with Crippen LogP contribution in [-0.4, -0.2) is 4.98 Å². The number of anilines is 3. The Morgan fingerprint density at radius 1 is 0.439 bits per heavy atom. The third-order valence-corrected chi connectivity index (χ3v) is 11.9. The molecule has 0 unspecified atom stereocenters. The molecule has 0 radical (unpaired) electrons. The predicted octanol–water partition coefficient (Wildman–Crippen LogP) is 14.9. The Morgan fingerprint density at radius 2 is 1.02 bits per heavy atom. The molecule has 0 aliphatic heterocycles. The molecular weight excluding hydrogens is 693 g/mol. The van der Waals surface area contributed by atoms with Crippen LogP contribution >= 0.6 is 0 Å². The molecule has 9 aromatic carbocycles. The lowest BCUT2D eigenvalue weighted by Gasteiger charge is -2.28. The number of oxazole rings is 1. The minimum atomic E-state index is -0.0841. The third-order valence-electron chi connectivity index (χ3n) is 11.9. The van der Waals surface area contributed by atoms with Crippen molar-refractivity contribution in [3.63, 3.8) is 0 Å². The number of nitrogens with zero attached hydrogens (tertiary/aromatic N) is 2. The zero-order valence-electron chi connectivity index (χ0n) is 31.8. The fourth-order valence-electron chi connectivity index (χ4n) is 9.06. The summed E-state index contributed by atoms with van der Waals surface area (Å²) in [5.41, 5.74) is 15.8. The fourth-order valence-corrected chi connectivity index (χ4v) is 9.06. The van der Waals surface area contributed by atoms with Crippen LogP contribution in [0.1, 0.15) is 25.0 Å². The van der Waals surface area contributed by atoms with Gasteiger partial charge in [-0.25, -0.2) is 4.98 Å². The van der Waals surface area contributed by atoms with Crippen molar-refractivity contribution in [1.82, 2.24) is 4.98 Å². The molecule has 0 fully saturated rings. The Morgan fingerprint density at radius 3 is 1.82 bits per heavy atom. The lowest BCUT2D eigenvalue weighted by Crippen LogP contribution is -2.15. The number of hydrogen-bond donors (Lipinski definition) is 0. The van der Waals surface area contributed by atoms with Gasteiger partial charge in [-0.3, -0.25) is 0 Å². The summed E-state index contributed by atoms with van der Waals surface area (Å²) in [6, 6.07) is 69.8. The van der Waals surface area contributed by atoms with E-state index < -0.39 is 0 Å². The highest BCUT2D eigenvalue weighted by Crippen LogP contribution is 2.51. The summed E-state index contributed by atoms with van der Waals surface area (Å²) >= 11 is 0. The molecule has 0 bridgehead atoms. The van der Waals surface area contributed by atoms with E-state index in [0.717, 1.165) is 60.8 Å². The summed E-state index contributed by atoms with van der Waals surface area (Å²) in [6.45, 7) is 4.68. The van der Waals surface area contributed by atoms with Gasteiger partial charge in [-0.15, -0.1) is 0 Å². The van der Waals surface area contributed by atoms with Crippen LogP contribution in [0, 0.1) is 0 Å². The maximum atomic E-state index is 6.64. The number of benzene rings is 9. The monoisotopic (exact) mass is 730 g/mol. The van der Waals surface area contributed by atoms with Gasteiger partial charge in [0.1, 0.15) is 5.52 Å². The molecule has 57 heavy (non-hydrogen) atoms. The zero-order valence-corrected chi connectivity index (χ0v) is 31.8. The minimum absolute atomic E-state index is 0.0841. The Kier molecular flexibility index (Phi) is 7.52. The van der Waals surface area contributed by atoms with Crippen molar-refractivity contribution in [1.29, 1.82) is 0 Å². The molecule has 0 atom stereocenters. The summed E-state index contributed by atoms with van der Waals surface area (Å²) in [4.78, 5) is 7.36. The van der Waals surface area contributed by atoms with Crippen LogP contribution in [0.3, 0.4) is 0 Å². The van der Waals surface area contributed by atoms with E-state index in [1.54, 1.807) is 0 Å². The molecule has 11 rings (SSSR count). The first-order valence-corrected chi connectivity index (χ1v) is 19.6. The predicted molar refractivity (Wildman–Crippen MR) is 238 cm³/mol. The van der Waals surface area contributed by atoms with Crippen molar-refractivity contribution in [3.05, 3.63) is 205 Å². The van der Waals surface area contributed by atoms with Gasteiger partial charge in [0, 0.05) is 33.4 Å². The largest absolute Gasteiger partial charge is 0.435 e. The fraction of sp³-hybridized carbons (Fsp3) is 0.0556. The van der Waals surface area contributed by atoms with Gasteiger partial charge >= 0.3 is 0 Å². The van der Waals surface area contributed by atoms with Crippen molar-refractivity contribution in [2.75, 3.05) is 4.90 Å². The summed E-state index contributed by atoms with van der Waals surface area (Å²) in [7, 11) is 0. The first-order valence-electron chi connectivity index (χ1n) is 19.6. The minimum Gasteiger partial charge on any atom is -0.435 e. The van der Waals surface area contributed by atoms with Crippen LogP contribution in [-0.2, 0) is 5.41 Å². The van der Waals surface area contributed by atoms with Gasteiger partial charge < -0.3 is 9.32 Å². The van der Waals surface area contributed by atoms with E-state index in [0.29, 0.717) is 5.89 Å². The molecule has 0 saturated carbocycles. The molecule has 3 nitrogen and oxygen atoms in total. The van der Waals surface area contributed by atoms with E-state index in [-0.39, 0.29) is 5.41 Å². The highest BCUT2D eigenvalue weighted by atomic mass is 16.3. The SMILES string of the molecule is CC1(C)c2ccccc2-c2cc(N(c3cccc(-c4ccccc4-c4ccccc4)c3)c3ccc4ccc5ccc6nc(-c7ccccc7)oc6c5c4c3)ccc21. The van der Waals surface area contributed by atoms with Gasteiger partial charge in [0.2, 0.25) is 5.89 Å². The first kappa shape index (κ1) is 33.1. The molecule has 0 spiro atoms. The van der Waals surface area contributed by atoms with E-state index in [4.69, 9.17) is 9.40 Å². The van der Waals surface area contributed by atoms with E-state index in [1.165, 1.54) is 38.9 Å². The molecule has 1 aliphatic rings. The van der Waals surface area contributed by atoms with E-state index >= 15 is 0 Å². The summed E-state index contributed by atoms with van der Waals surface area (Å²) < 4.78 is 6.64. The lowest BCUT2D eigenvalue weighted by molar-refractivity contribution is 0.623. The second kappa shape index (κ2) is 12.9. The molecule has 0 N–H and O–H groups in total. The van der Waals surface area contributed by atoms with E-state index in [9.17, 15) is 0 Å². The molecule has 0 amide bonds.